The fourth-order valence-corrected chi connectivity index (χ4v) is 2.96. The molecule has 0 radical (unpaired) electrons. The first-order valence-electron chi connectivity index (χ1n) is 6.61. The lowest BCUT2D eigenvalue weighted by molar-refractivity contribution is 0.415. The molecule has 0 saturated heterocycles. The molecule has 0 saturated carbocycles. The van der Waals surface area contributed by atoms with Gasteiger partial charge in [0.15, 0.2) is 0 Å². The van der Waals surface area contributed by atoms with E-state index in [2.05, 4.69) is 33.6 Å². The van der Waals surface area contributed by atoms with Crippen LogP contribution in [0.1, 0.15) is 18.2 Å². The second-order valence-electron chi connectivity index (χ2n) is 4.86. The van der Waals surface area contributed by atoms with E-state index in [1.54, 1.807) is 22.4 Å². The number of halogens is 1. The van der Waals surface area contributed by atoms with Crippen LogP contribution in [0.4, 0.5) is 5.69 Å². The van der Waals surface area contributed by atoms with Gasteiger partial charge in [0.05, 0.1) is 5.69 Å². The largest absolute Gasteiger partial charge is 0.493 e. The van der Waals surface area contributed by atoms with Gasteiger partial charge in [0.1, 0.15) is 5.69 Å². The SMILES string of the molecule is CCn1c(O)c(/C=C2/C=Nc3ccc(I)cc32)n(C)c1=N. The molecule has 0 spiro atoms. The Kier molecular flexibility index (Phi) is 3.48. The van der Waals surface area contributed by atoms with Gasteiger partial charge in [0.2, 0.25) is 11.5 Å². The van der Waals surface area contributed by atoms with Gasteiger partial charge in [-0.3, -0.25) is 15.0 Å². The number of nitrogens with one attached hydrogen (secondary N) is 1. The first kappa shape index (κ1) is 14.1. The van der Waals surface area contributed by atoms with Crippen LogP contribution >= 0.6 is 22.6 Å². The van der Waals surface area contributed by atoms with Crippen LogP contribution in [0.5, 0.6) is 5.88 Å². The van der Waals surface area contributed by atoms with Gasteiger partial charge in [-0.05, 0) is 53.8 Å². The number of hydrogen-bond acceptors (Lipinski definition) is 3. The van der Waals surface area contributed by atoms with E-state index < -0.39 is 0 Å². The van der Waals surface area contributed by atoms with Crippen molar-refractivity contribution in [3.63, 3.8) is 0 Å². The molecular weight excluding hydrogens is 379 g/mol. The maximum atomic E-state index is 10.3. The first-order valence-corrected chi connectivity index (χ1v) is 7.69. The van der Waals surface area contributed by atoms with E-state index in [0.29, 0.717) is 12.2 Å². The second kappa shape index (κ2) is 5.18. The van der Waals surface area contributed by atoms with Crippen molar-refractivity contribution in [2.45, 2.75) is 13.5 Å². The minimum Gasteiger partial charge on any atom is -0.493 e. The van der Waals surface area contributed by atoms with E-state index >= 15 is 0 Å². The van der Waals surface area contributed by atoms with Crippen molar-refractivity contribution in [1.29, 1.82) is 5.41 Å². The maximum Gasteiger partial charge on any atom is 0.218 e. The summed E-state index contributed by atoms with van der Waals surface area (Å²) < 4.78 is 4.38. The summed E-state index contributed by atoms with van der Waals surface area (Å²) in [4.78, 5) is 4.39. The molecule has 0 bridgehead atoms. The average molecular weight is 394 g/mol. The van der Waals surface area contributed by atoms with Crippen LogP contribution in [-0.2, 0) is 13.6 Å². The summed E-state index contributed by atoms with van der Waals surface area (Å²) in [5, 5.41) is 18.3. The zero-order valence-corrected chi connectivity index (χ0v) is 13.9. The molecule has 5 nitrogen and oxygen atoms in total. The molecule has 0 aliphatic carbocycles. The molecule has 2 aromatic rings. The molecule has 0 amide bonds. The Morgan fingerprint density at radius 1 is 1.43 bits per heavy atom. The summed E-state index contributed by atoms with van der Waals surface area (Å²) in [6.07, 6.45) is 3.68. The predicted octanol–water partition coefficient (Wildman–Crippen LogP) is 2.89. The molecule has 21 heavy (non-hydrogen) atoms. The second-order valence-corrected chi connectivity index (χ2v) is 6.10. The maximum absolute atomic E-state index is 10.3. The van der Waals surface area contributed by atoms with Gasteiger partial charge in [-0.2, -0.15) is 0 Å². The lowest BCUT2D eigenvalue weighted by Crippen LogP contribution is -2.22. The Morgan fingerprint density at radius 3 is 2.86 bits per heavy atom. The highest BCUT2D eigenvalue weighted by Gasteiger charge is 2.17. The van der Waals surface area contributed by atoms with Crippen molar-refractivity contribution in [3.05, 3.63) is 38.6 Å². The van der Waals surface area contributed by atoms with Gasteiger partial charge < -0.3 is 9.67 Å². The van der Waals surface area contributed by atoms with Crippen LogP contribution in [0.3, 0.4) is 0 Å². The van der Waals surface area contributed by atoms with E-state index in [1.807, 2.05) is 25.1 Å². The van der Waals surface area contributed by atoms with Crippen molar-refractivity contribution >= 4 is 46.1 Å². The zero-order chi connectivity index (χ0) is 15.1. The lowest BCUT2D eigenvalue weighted by Gasteiger charge is -2.02. The molecule has 2 heterocycles. The number of aliphatic imine (C=N–C) groups is 1. The minimum atomic E-state index is 0.116. The third-order valence-corrected chi connectivity index (χ3v) is 4.31. The fraction of sp³-hybridized carbons (Fsp3) is 0.200. The van der Waals surface area contributed by atoms with E-state index in [9.17, 15) is 5.11 Å². The monoisotopic (exact) mass is 394 g/mol. The van der Waals surface area contributed by atoms with Gasteiger partial charge in [-0.15, -0.1) is 0 Å². The highest BCUT2D eigenvalue weighted by atomic mass is 127. The Morgan fingerprint density at radius 2 is 2.19 bits per heavy atom. The molecule has 0 unspecified atom stereocenters. The molecule has 2 N–H and O–H groups in total. The van der Waals surface area contributed by atoms with Crippen LogP contribution in [0, 0.1) is 8.98 Å². The Bertz CT molecular complexity index is 842. The summed E-state index contributed by atoms with van der Waals surface area (Å²) in [5.74, 6) is 0.116. The zero-order valence-electron chi connectivity index (χ0n) is 11.8. The normalized spacial score (nSPS) is 14.9. The molecule has 6 heteroatoms. The van der Waals surface area contributed by atoms with Gasteiger partial charge in [0, 0.05) is 34.5 Å². The summed E-state index contributed by atoms with van der Waals surface area (Å²) in [6, 6.07) is 6.08. The van der Waals surface area contributed by atoms with Gasteiger partial charge in [0.25, 0.3) is 0 Å². The van der Waals surface area contributed by atoms with E-state index in [-0.39, 0.29) is 11.5 Å². The summed E-state index contributed by atoms with van der Waals surface area (Å²) in [7, 11) is 1.78. The summed E-state index contributed by atoms with van der Waals surface area (Å²) >= 11 is 2.27. The highest BCUT2D eigenvalue weighted by Crippen LogP contribution is 2.34. The minimum absolute atomic E-state index is 0.116. The van der Waals surface area contributed by atoms with Crippen LogP contribution in [0.2, 0.25) is 0 Å². The molecule has 3 rings (SSSR count). The number of benzene rings is 1. The van der Waals surface area contributed by atoms with E-state index in [4.69, 9.17) is 5.41 Å². The van der Waals surface area contributed by atoms with E-state index in [1.165, 1.54) is 0 Å². The topological polar surface area (TPSA) is 66.3 Å². The molecular formula is C15H15IN4O. The van der Waals surface area contributed by atoms with Crippen LogP contribution in [0.25, 0.3) is 11.6 Å². The van der Waals surface area contributed by atoms with Gasteiger partial charge >= 0.3 is 0 Å². The molecule has 1 aliphatic heterocycles. The summed E-state index contributed by atoms with van der Waals surface area (Å²) in [6.45, 7) is 2.47. The number of hydrogen-bond donors (Lipinski definition) is 2. The molecule has 0 fully saturated rings. The predicted molar refractivity (Wildman–Crippen MR) is 91.8 cm³/mol. The number of allylic oxidation sites excluding steroid dienone is 1. The van der Waals surface area contributed by atoms with Crippen LogP contribution < -0.4 is 5.62 Å². The van der Waals surface area contributed by atoms with Gasteiger partial charge in [-0.25, -0.2) is 0 Å². The number of aromatic hydroxyl groups is 1. The highest BCUT2D eigenvalue weighted by molar-refractivity contribution is 14.1. The van der Waals surface area contributed by atoms with Crippen LogP contribution in [0.15, 0.2) is 23.2 Å². The number of imidazole rings is 1. The molecule has 0 atom stereocenters. The standard InChI is InChI=1S/C15H15IN4O/c1-3-20-14(21)13(19(2)15(20)17)6-9-8-18-12-5-4-10(16)7-11(9)12/h4-8,17,21H,3H2,1-2H3/b9-6-,17-15?. The van der Waals surface area contributed by atoms with E-state index in [0.717, 1.165) is 20.4 Å². The number of fused-ring (bicyclic) bond motifs is 1. The Labute approximate surface area is 135 Å². The Balaban J connectivity index is 2.17. The quantitative estimate of drug-likeness (QED) is 0.756. The molecule has 108 valence electrons. The molecule has 1 aromatic heterocycles. The first-order chi connectivity index (χ1) is 10.0. The third kappa shape index (κ3) is 2.23. The average Bonchev–Trinajstić information content (AvgIpc) is 2.94. The molecule has 1 aromatic carbocycles. The lowest BCUT2D eigenvalue weighted by atomic mass is 10.1. The fourth-order valence-electron chi connectivity index (χ4n) is 2.47. The third-order valence-electron chi connectivity index (χ3n) is 3.64. The van der Waals surface area contributed by atoms with Crippen molar-refractivity contribution in [1.82, 2.24) is 9.13 Å². The van der Waals surface area contributed by atoms with Crippen molar-refractivity contribution in [3.8, 4) is 5.88 Å². The molecule has 1 aliphatic rings. The van der Waals surface area contributed by atoms with Gasteiger partial charge in [-0.1, -0.05) is 0 Å². The van der Waals surface area contributed by atoms with Crippen molar-refractivity contribution < 1.29 is 5.11 Å². The smallest absolute Gasteiger partial charge is 0.218 e. The number of nitrogens with zero attached hydrogens (tertiary/aromatic N) is 3. The Hall–Kier alpha value is -1.83. The van der Waals surface area contributed by atoms with Crippen molar-refractivity contribution in [2.24, 2.45) is 12.0 Å². The van der Waals surface area contributed by atoms with Crippen molar-refractivity contribution in [2.75, 3.05) is 0 Å². The number of aromatic nitrogens is 2. The van der Waals surface area contributed by atoms with Crippen LogP contribution in [-0.4, -0.2) is 20.5 Å². The summed E-state index contributed by atoms with van der Waals surface area (Å²) in [5.41, 5.74) is 3.83. The number of rotatable bonds is 2.